The van der Waals surface area contributed by atoms with Crippen molar-refractivity contribution >= 4 is 17.2 Å². The Labute approximate surface area is 115 Å². The van der Waals surface area contributed by atoms with Gasteiger partial charge in [0.1, 0.15) is 0 Å². The molecule has 1 aliphatic carbocycles. The number of imidazole rings is 1. The van der Waals surface area contributed by atoms with Crippen LogP contribution in [0.5, 0.6) is 0 Å². The highest BCUT2D eigenvalue weighted by molar-refractivity contribution is 6.30. The Kier molecular flexibility index (Phi) is 2.35. The number of halogens is 1. The van der Waals surface area contributed by atoms with Gasteiger partial charge in [-0.1, -0.05) is 23.7 Å². The SMILES string of the molecule is Clc1ccc([C@H]2C[C@@H]2c2ccnn3ccnc23)cc1. The van der Waals surface area contributed by atoms with Crippen molar-refractivity contribution in [3.05, 3.63) is 65.1 Å². The van der Waals surface area contributed by atoms with Gasteiger partial charge in [0.2, 0.25) is 0 Å². The minimum atomic E-state index is 0.550. The van der Waals surface area contributed by atoms with Crippen LogP contribution in [0.3, 0.4) is 0 Å². The molecule has 2 aromatic heterocycles. The Bertz CT molecular complexity index is 732. The lowest BCUT2D eigenvalue weighted by Gasteiger charge is -2.03. The van der Waals surface area contributed by atoms with Crippen LogP contribution in [0.1, 0.15) is 29.4 Å². The van der Waals surface area contributed by atoms with Crippen LogP contribution in [0.2, 0.25) is 5.02 Å². The minimum Gasteiger partial charge on any atom is -0.235 e. The molecule has 2 heterocycles. The van der Waals surface area contributed by atoms with Crippen molar-refractivity contribution in [1.82, 2.24) is 14.6 Å². The van der Waals surface area contributed by atoms with Gasteiger partial charge in [0.05, 0.1) is 0 Å². The fourth-order valence-electron chi connectivity index (χ4n) is 2.76. The van der Waals surface area contributed by atoms with E-state index in [1.54, 1.807) is 6.20 Å². The Morgan fingerprint density at radius 2 is 1.89 bits per heavy atom. The second kappa shape index (κ2) is 4.07. The fraction of sp³-hybridized carbons (Fsp3) is 0.200. The molecule has 0 N–H and O–H groups in total. The highest BCUT2D eigenvalue weighted by atomic mass is 35.5. The first-order chi connectivity index (χ1) is 9.33. The maximum Gasteiger partial charge on any atom is 0.156 e. The molecule has 1 fully saturated rings. The van der Waals surface area contributed by atoms with E-state index in [1.165, 1.54) is 17.5 Å². The summed E-state index contributed by atoms with van der Waals surface area (Å²) < 4.78 is 1.84. The third-order valence-corrected chi connectivity index (χ3v) is 4.07. The van der Waals surface area contributed by atoms with Gasteiger partial charge in [-0.15, -0.1) is 0 Å². The van der Waals surface area contributed by atoms with Crippen molar-refractivity contribution in [2.75, 3.05) is 0 Å². The molecular formula is C15H12ClN3. The van der Waals surface area contributed by atoms with Crippen LogP contribution in [-0.4, -0.2) is 14.6 Å². The molecule has 1 saturated carbocycles. The van der Waals surface area contributed by atoms with E-state index < -0.39 is 0 Å². The molecule has 0 unspecified atom stereocenters. The normalized spacial score (nSPS) is 21.7. The summed E-state index contributed by atoms with van der Waals surface area (Å²) in [4.78, 5) is 4.40. The molecule has 0 aliphatic heterocycles. The molecule has 94 valence electrons. The molecule has 3 aromatic rings. The molecule has 3 nitrogen and oxygen atoms in total. The zero-order valence-corrected chi connectivity index (χ0v) is 11.0. The largest absolute Gasteiger partial charge is 0.235 e. The van der Waals surface area contributed by atoms with E-state index in [4.69, 9.17) is 11.6 Å². The van der Waals surface area contributed by atoms with Crippen molar-refractivity contribution in [2.45, 2.75) is 18.3 Å². The average molecular weight is 270 g/mol. The first kappa shape index (κ1) is 11.0. The molecule has 2 atom stereocenters. The molecular weight excluding hydrogens is 258 g/mol. The number of hydrogen-bond acceptors (Lipinski definition) is 2. The Hall–Kier alpha value is -1.87. The first-order valence-corrected chi connectivity index (χ1v) is 6.74. The molecule has 1 aliphatic rings. The average Bonchev–Trinajstić information content (AvgIpc) is 3.07. The van der Waals surface area contributed by atoms with Gasteiger partial charge in [-0.2, -0.15) is 5.10 Å². The summed E-state index contributed by atoms with van der Waals surface area (Å²) in [7, 11) is 0. The highest BCUT2D eigenvalue weighted by Crippen LogP contribution is 2.55. The van der Waals surface area contributed by atoms with E-state index in [2.05, 4.69) is 28.3 Å². The summed E-state index contributed by atoms with van der Waals surface area (Å²) >= 11 is 5.93. The molecule has 0 saturated heterocycles. The van der Waals surface area contributed by atoms with Crippen molar-refractivity contribution in [3.8, 4) is 0 Å². The maximum atomic E-state index is 5.93. The number of rotatable bonds is 2. The smallest absolute Gasteiger partial charge is 0.156 e. The van der Waals surface area contributed by atoms with Gasteiger partial charge < -0.3 is 0 Å². The van der Waals surface area contributed by atoms with E-state index >= 15 is 0 Å². The van der Waals surface area contributed by atoms with Crippen LogP contribution in [0, 0.1) is 0 Å². The predicted molar refractivity (Wildman–Crippen MR) is 74.5 cm³/mol. The highest BCUT2D eigenvalue weighted by Gasteiger charge is 2.40. The third kappa shape index (κ3) is 1.81. The summed E-state index contributed by atoms with van der Waals surface area (Å²) in [5.41, 5.74) is 3.62. The lowest BCUT2D eigenvalue weighted by atomic mass is 10.1. The van der Waals surface area contributed by atoms with Gasteiger partial charge in [0.15, 0.2) is 5.65 Å². The van der Waals surface area contributed by atoms with Crippen LogP contribution >= 0.6 is 11.6 Å². The van der Waals surface area contributed by atoms with Crippen LogP contribution in [0.25, 0.3) is 5.65 Å². The van der Waals surface area contributed by atoms with E-state index in [0.29, 0.717) is 11.8 Å². The Morgan fingerprint density at radius 1 is 1.05 bits per heavy atom. The summed E-state index contributed by atoms with van der Waals surface area (Å²) in [5.74, 6) is 1.13. The number of aromatic nitrogens is 3. The number of hydrogen-bond donors (Lipinski definition) is 0. The maximum absolute atomic E-state index is 5.93. The van der Waals surface area contributed by atoms with E-state index in [1.807, 2.05) is 29.0 Å². The van der Waals surface area contributed by atoms with Crippen LogP contribution in [0.15, 0.2) is 48.9 Å². The molecule has 0 bridgehead atoms. The van der Waals surface area contributed by atoms with Crippen molar-refractivity contribution < 1.29 is 0 Å². The molecule has 0 radical (unpaired) electrons. The fourth-order valence-corrected chi connectivity index (χ4v) is 2.89. The Morgan fingerprint density at radius 3 is 2.74 bits per heavy atom. The predicted octanol–water partition coefficient (Wildman–Crippen LogP) is 3.65. The van der Waals surface area contributed by atoms with E-state index in [-0.39, 0.29) is 0 Å². The summed E-state index contributed by atoms with van der Waals surface area (Å²) in [6.07, 6.45) is 6.71. The second-order valence-electron chi connectivity index (χ2n) is 4.98. The van der Waals surface area contributed by atoms with Crippen molar-refractivity contribution in [2.24, 2.45) is 0 Å². The van der Waals surface area contributed by atoms with Gasteiger partial charge in [0, 0.05) is 29.2 Å². The molecule has 4 rings (SSSR count). The molecule has 1 aromatic carbocycles. The van der Waals surface area contributed by atoms with Gasteiger partial charge >= 0.3 is 0 Å². The van der Waals surface area contributed by atoms with Crippen molar-refractivity contribution in [1.29, 1.82) is 0 Å². The number of fused-ring (bicyclic) bond motifs is 1. The van der Waals surface area contributed by atoms with Gasteiger partial charge in [-0.25, -0.2) is 9.50 Å². The van der Waals surface area contributed by atoms with Gasteiger partial charge in [0.25, 0.3) is 0 Å². The molecule has 4 heteroatoms. The Balaban J connectivity index is 1.69. The molecule has 0 amide bonds. The zero-order chi connectivity index (χ0) is 12.8. The topological polar surface area (TPSA) is 30.2 Å². The summed E-state index contributed by atoms with van der Waals surface area (Å²) in [6.45, 7) is 0. The van der Waals surface area contributed by atoms with E-state index in [0.717, 1.165) is 10.7 Å². The third-order valence-electron chi connectivity index (χ3n) is 3.81. The lowest BCUT2D eigenvalue weighted by molar-refractivity contribution is 0.905. The standard InChI is InChI=1S/C15H12ClN3/c16-11-3-1-10(2-4-11)13-9-14(13)12-5-6-18-19-8-7-17-15(12)19/h1-8,13-14H,9H2/t13-,14-/m1/s1. The van der Waals surface area contributed by atoms with Gasteiger partial charge in [-0.05, 0) is 42.0 Å². The second-order valence-corrected chi connectivity index (χ2v) is 5.42. The number of nitrogens with zero attached hydrogens (tertiary/aromatic N) is 3. The zero-order valence-electron chi connectivity index (χ0n) is 10.2. The quantitative estimate of drug-likeness (QED) is 0.711. The lowest BCUT2D eigenvalue weighted by Crippen LogP contribution is -1.94. The monoisotopic (exact) mass is 269 g/mol. The molecule has 0 spiro atoms. The van der Waals surface area contributed by atoms with Crippen LogP contribution < -0.4 is 0 Å². The summed E-state index contributed by atoms with van der Waals surface area (Å²) in [5, 5.41) is 5.05. The summed E-state index contributed by atoms with van der Waals surface area (Å²) in [6, 6.07) is 10.3. The van der Waals surface area contributed by atoms with Crippen LogP contribution in [0.4, 0.5) is 0 Å². The van der Waals surface area contributed by atoms with Gasteiger partial charge in [-0.3, -0.25) is 0 Å². The van der Waals surface area contributed by atoms with Crippen LogP contribution in [-0.2, 0) is 0 Å². The first-order valence-electron chi connectivity index (χ1n) is 6.36. The minimum absolute atomic E-state index is 0.550. The number of benzene rings is 1. The van der Waals surface area contributed by atoms with Crippen molar-refractivity contribution in [3.63, 3.8) is 0 Å². The van der Waals surface area contributed by atoms with E-state index in [9.17, 15) is 0 Å². The molecule has 19 heavy (non-hydrogen) atoms.